The highest BCUT2D eigenvalue weighted by Crippen LogP contribution is 2.33. The second-order valence-electron chi connectivity index (χ2n) is 4.03. The Balaban J connectivity index is 2.38. The van der Waals surface area contributed by atoms with Crippen LogP contribution < -0.4 is 9.64 Å². The van der Waals surface area contributed by atoms with Crippen LogP contribution in [0.5, 0.6) is 5.75 Å². The van der Waals surface area contributed by atoms with Crippen molar-refractivity contribution in [3.05, 3.63) is 24.3 Å². The number of fused-ring (bicyclic) bond motifs is 1. The van der Waals surface area contributed by atoms with Gasteiger partial charge in [0, 0.05) is 0 Å². The maximum atomic E-state index is 11.9. The highest BCUT2D eigenvalue weighted by Gasteiger charge is 2.31. The lowest BCUT2D eigenvalue weighted by Crippen LogP contribution is -2.47. The number of amides is 1. The number of ether oxygens (including phenoxy) is 1. The first-order valence-electron chi connectivity index (χ1n) is 5.34. The first-order valence-corrected chi connectivity index (χ1v) is 5.34. The summed E-state index contributed by atoms with van der Waals surface area (Å²) in [4.78, 5) is 13.5. The van der Waals surface area contributed by atoms with E-state index in [1.54, 1.807) is 18.7 Å². The van der Waals surface area contributed by atoms with Gasteiger partial charge in [0.15, 0.2) is 6.10 Å². The number of aliphatic hydroxyl groups excluding tert-OH is 1. The van der Waals surface area contributed by atoms with Crippen molar-refractivity contribution in [2.75, 3.05) is 11.4 Å². The molecule has 0 aliphatic carbocycles. The number of hydrogen-bond donors (Lipinski definition) is 1. The normalized spacial score (nSPS) is 21.3. The van der Waals surface area contributed by atoms with Gasteiger partial charge in [-0.2, -0.15) is 0 Å². The molecule has 16 heavy (non-hydrogen) atoms. The first kappa shape index (κ1) is 11.0. The molecule has 1 N–H and O–H groups in total. The largest absolute Gasteiger partial charge is 0.479 e. The summed E-state index contributed by atoms with van der Waals surface area (Å²) in [6.07, 6.45) is -1.05. The molecule has 1 amide bonds. The van der Waals surface area contributed by atoms with E-state index in [0.717, 1.165) is 5.69 Å². The molecule has 0 radical (unpaired) electrons. The molecule has 0 saturated carbocycles. The molecule has 1 aliphatic heterocycles. The maximum Gasteiger partial charge on any atom is 0.267 e. The Morgan fingerprint density at radius 3 is 2.88 bits per heavy atom. The van der Waals surface area contributed by atoms with Gasteiger partial charge >= 0.3 is 0 Å². The molecule has 0 aromatic heterocycles. The highest BCUT2D eigenvalue weighted by molar-refractivity contribution is 5.99. The van der Waals surface area contributed by atoms with Gasteiger partial charge < -0.3 is 14.7 Å². The highest BCUT2D eigenvalue weighted by atomic mass is 16.5. The van der Waals surface area contributed by atoms with Crippen molar-refractivity contribution in [2.45, 2.75) is 26.1 Å². The van der Waals surface area contributed by atoms with Crippen molar-refractivity contribution >= 4 is 11.6 Å². The fourth-order valence-corrected chi connectivity index (χ4v) is 1.81. The van der Waals surface area contributed by atoms with Crippen molar-refractivity contribution in [3.63, 3.8) is 0 Å². The summed E-state index contributed by atoms with van der Waals surface area (Å²) in [5, 5.41) is 9.40. The number of rotatable bonds is 2. The zero-order valence-electron chi connectivity index (χ0n) is 9.38. The fraction of sp³-hybridized carbons (Fsp3) is 0.417. The van der Waals surface area contributed by atoms with Crippen LogP contribution in [-0.4, -0.2) is 29.8 Å². The van der Waals surface area contributed by atoms with E-state index >= 15 is 0 Å². The van der Waals surface area contributed by atoms with Crippen LogP contribution in [0.1, 0.15) is 13.8 Å². The molecule has 2 unspecified atom stereocenters. The van der Waals surface area contributed by atoms with E-state index in [4.69, 9.17) is 4.74 Å². The lowest BCUT2D eigenvalue weighted by molar-refractivity contribution is -0.125. The van der Waals surface area contributed by atoms with Crippen molar-refractivity contribution in [2.24, 2.45) is 0 Å². The molecule has 86 valence electrons. The maximum absolute atomic E-state index is 11.9. The molecule has 0 fully saturated rings. The zero-order chi connectivity index (χ0) is 11.7. The predicted octanol–water partition coefficient (Wildman–Crippen LogP) is 1.18. The van der Waals surface area contributed by atoms with E-state index in [1.165, 1.54) is 0 Å². The smallest absolute Gasteiger partial charge is 0.267 e. The summed E-state index contributed by atoms with van der Waals surface area (Å²) in [7, 11) is 0. The monoisotopic (exact) mass is 221 g/mol. The molecule has 4 heteroatoms. The standard InChI is InChI=1S/C12H15NO3/c1-8(14)7-13-10-5-3-4-6-11(10)16-9(2)12(13)15/h3-6,8-9,14H,7H2,1-2H3. The van der Waals surface area contributed by atoms with Gasteiger partial charge in [0.25, 0.3) is 5.91 Å². The van der Waals surface area contributed by atoms with Crippen LogP contribution >= 0.6 is 0 Å². The van der Waals surface area contributed by atoms with Crippen LogP contribution in [0.2, 0.25) is 0 Å². The number of benzene rings is 1. The van der Waals surface area contributed by atoms with Gasteiger partial charge in [0.2, 0.25) is 0 Å². The van der Waals surface area contributed by atoms with Gasteiger partial charge in [-0.1, -0.05) is 12.1 Å². The first-order chi connectivity index (χ1) is 7.59. The van der Waals surface area contributed by atoms with Crippen LogP contribution in [0.15, 0.2) is 24.3 Å². The van der Waals surface area contributed by atoms with Gasteiger partial charge in [-0.3, -0.25) is 4.79 Å². The van der Waals surface area contributed by atoms with E-state index in [9.17, 15) is 9.90 Å². The average molecular weight is 221 g/mol. The summed E-state index contributed by atoms with van der Waals surface area (Å²) in [6.45, 7) is 3.67. The predicted molar refractivity (Wildman–Crippen MR) is 60.6 cm³/mol. The number of β-amino-alcohol motifs (C(OH)–C–C–N with tert-alkyl or cyclic N) is 1. The Morgan fingerprint density at radius 2 is 2.19 bits per heavy atom. The second-order valence-corrected chi connectivity index (χ2v) is 4.03. The van der Waals surface area contributed by atoms with Gasteiger partial charge in [-0.05, 0) is 26.0 Å². The van der Waals surface area contributed by atoms with Crippen molar-refractivity contribution in [1.82, 2.24) is 0 Å². The minimum absolute atomic E-state index is 0.111. The third kappa shape index (κ3) is 1.88. The average Bonchev–Trinajstić information content (AvgIpc) is 2.24. The number of carbonyl (C=O) groups excluding carboxylic acids is 1. The molecule has 1 aromatic rings. The van der Waals surface area contributed by atoms with Gasteiger partial charge in [0.05, 0.1) is 18.3 Å². The summed E-state index contributed by atoms with van der Waals surface area (Å²) in [5.74, 6) is 0.579. The van der Waals surface area contributed by atoms with Crippen LogP contribution in [0.25, 0.3) is 0 Å². The van der Waals surface area contributed by atoms with E-state index in [0.29, 0.717) is 12.3 Å². The Kier molecular flexibility index (Phi) is 2.83. The summed E-state index contributed by atoms with van der Waals surface area (Å²) in [5.41, 5.74) is 0.728. The Morgan fingerprint density at radius 1 is 1.50 bits per heavy atom. The molecule has 0 bridgehead atoms. The molecule has 2 atom stereocenters. The number of para-hydroxylation sites is 2. The lowest BCUT2D eigenvalue weighted by Gasteiger charge is -2.33. The SMILES string of the molecule is CC(O)CN1C(=O)C(C)Oc2ccccc21. The minimum Gasteiger partial charge on any atom is -0.479 e. The number of aliphatic hydroxyl groups is 1. The van der Waals surface area contributed by atoms with E-state index in [-0.39, 0.29) is 5.91 Å². The quantitative estimate of drug-likeness (QED) is 0.815. The van der Waals surface area contributed by atoms with Gasteiger partial charge in [0.1, 0.15) is 5.75 Å². The molecular weight excluding hydrogens is 206 g/mol. The Hall–Kier alpha value is -1.55. The van der Waals surface area contributed by atoms with Crippen LogP contribution in [-0.2, 0) is 4.79 Å². The van der Waals surface area contributed by atoms with Gasteiger partial charge in [-0.25, -0.2) is 0 Å². The van der Waals surface area contributed by atoms with Crippen molar-refractivity contribution in [3.8, 4) is 5.75 Å². The number of nitrogens with zero attached hydrogens (tertiary/aromatic N) is 1. The molecule has 1 heterocycles. The van der Waals surface area contributed by atoms with E-state index in [1.807, 2.05) is 24.3 Å². The van der Waals surface area contributed by atoms with Crippen molar-refractivity contribution in [1.29, 1.82) is 0 Å². The third-order valence-electron chi connectivity index (χ3n) is 2.52. The summed E-state index contributed by atoms with van der Waals surface area (Å²) in [6, 6.07) is 7.36. The fourth-order valence-electron chi connectivity index (χ4n) is 1.81. The zero-order valence-corrected chi connectivity index (χ0v) is 9.38. The second kappa shape index (κ2) is 4.14. The third-order valence-corrected chi connectivity index (χ3v) is 2.52. The molecule has 4 nitrogen and oxygen atoms in total. The topological polar surface area (TPSA) is 49.8 Å². The van der Waals surface area contributed by atoms with E-state index in [2.05, 4.69) is 0 Å². The summed E-state index contributed by atoms with van der Waals surface area (Å²) >= 11 is 0. The number of hydrogen-bond acceptors (Lipinski definition) is 3. The Bertz CT molecular complexity index is 403. The molecule has 1 aromatic carbocycles. The minimum atomic E-state index is -0.553. The van der Waals surface area contributed by atoms with Gasteiger partial charge in [-0.15, -0.1) is 0 Å². The number of carbonyl (C=O) groups is 1. The van der Waals surface area contributed by atoms with Crippen LogP contribution in [0, 0.1) is 0 Å². The van der Waals surface area contributed by atoms with E-state index < -0.39 is 12.2 Å². The Labute approximate surface area is 94.4 Å². The molecule has 1 aliphatic rings. The molecule has 0 saturated heterocycles. The van der Waals surface area contributed by atoms with Crippen LogP contribution in [0.3, 0.4) is 0 Å². The molecular formula is C12H15NO3. The van der Waals surface area contributed by atoms with Crippen molar-refractivity contribution < 1.29 is 14.6 Å². The van der Waals surface area contributed by atoms with Crippen LogP contribution in [0.4, 0.5) is 5.69 Å². The summed E-state index contributed by atoms with van der Waals surface area (Å²) < 4.78 is 5.48. The lowest BCUT2D eigenvalue weighted by atomic mass is 10.1. The number of anilines is 1. The molecule has 2 rings (SSSR count). The molecule has 0 spiro atoms.